The van der Waals surface area contributed by atoms with Gasteiger partial charge in [0.05, 0.1) is 0 Å². The normalized spacial score (nSPS) is 10.7. The Hall–Kier alpha value is -1.77. The fourth-order valence-corrected chi connectivity index (χ4v) is 2.09. The highest BCUT2D eigenvalue weighted by Crippen LogP contribution is 2.14. The second kappa shape index (κ2) is 6.24. The molecule has 0 aliphatic carbocycles. The molecule has 0 saturated carbocycles. The molecule has 0 saturated heterocycles. The third-order valence-electron chi connectivity index (χ3n) is 3.10. The lowest BCUT2D eigenvalue weighted by Gasteiger charge is -2.07. The summed E-state index contributed by atoms with van der Waals surface area (Å²) >= 11 is 0. The van der Waals surface area contributed by atoms with Crippen molar-refractivity contribution in [1.29, 1.82) is 0 Å². The van der Waals surface area contributed by atoms with Crippen LogP contribution in [-0.2, 0) is 11.3 Å². The lowest BCUT2D eigenvalue weighted by atomic mass is 10.2. The number of fused-ring (bicyclic) bond motifs is 1. The van der Waals surface area contributed by atoms with Gasteiger partial charge in [0.1, 0.15) is 6.54 Å². The molecule has 1 amide bonds. The van der Waals surface area contributed by atoms with Crippen LogP contribution in [-0.4, -0.2) is 17.0 Å². The molecule has 2 aromatic rings. The fraction of sp³-hybridized carbons (Fsp3) is 0.400. The molecule has 0 unspecified atom stereocenters. The highest BCUT2D eigenvalue weighted by Gasteiger charge is 2.04. The molecule has 18 heavy (non-hydrogen) atoms. The van der Waals surface area contributed by atoms with Gasteiger partial charge in [0, 0.05) is 18.3 Å². The fourth-order valence-electron chi connectivity index (χ4n) is 2.09. The molecule has 1 aromatic carbocycles. The first-order valence-corrected chi connectivity index (χ1v) is 6.62. The number of unbranched alkanes of at least 4 members (excludes halogenated alkanes) is 2. The third kappa shape index (κ3) is 3.13. The maximum Gasteiger partial charge on any atom is 0.239 e. The van der Waals surface area contributed by atoms with E-state index in [4.69, 9.17) is 0 Å². The number of hydrogen-bond acceptors (Lipinski definition) is 1. The number of carbonyl (C=O) groups is 1. The largest absolute Gasteiger partial charge is 0.355 e. The second-order valence-electron chi connectivity index (χ2n) is 4.56. The smallest absolute Gasteiger partial charge is 0.239 e. The van der Waals surface area contributed by atoms with Crippen LogP contribution >= 0.6 is 0 Å². The quantitative estimate of drug-likeness (QED) is 0.779. The van der Waals surface area contributed by atoms with Crippen molar-refractivity contribution in [3.05, 3.63) is 36.5 Å². The minimum Gasteiger partial charge on any atom is -0.355 e. The molecule has 96 valence electrons. The highest BCUT2D eigenvalue weighted by atomic mass is 16.1. The van der Waals surface area contributed by atoms with E-state index < -0.39 is 0 Å². The van der Waals surface area contributed by atoms with E-state index in [0.29, 0.717) is 6.54 Å². The average Bonchev–Trinajstić information content (AvgIpc) is 2.78. The van der Waals surface area contributed by atoms with Gasteiger partial charge in [-0.05, 0) is 23.9 Å². The molecule has 0 atom stereocenters. The van der Waals surface area contributed by atoms with E-state index >= 15 is 0 Å². The second-order valence-corrected chi connectivity index (χ2v) is 4.56. The minimum atomic E-state index is 0.0902. The lowest BCUT2D eigenvalue weighted by molar-refractivity contribution is -0.121. The first-order valence-electron chi connectivity index (χ1n) is 6.62. The van der Waals surface area contributed by atoms with Gasteiger partial charge >= 0.3 is 0 Å². The molecule has 1 aromatic heterocycles. The average molecular weight is 244 g/mol. The van der Waals surface area contributed by atoms with E-state index in [9.17, 15) is 4.79 Å². The number of carbonyl (C=O) groups excluding carboxylic acids is 1. The van der Waals surface area contributed by atoms with Crippen LogP contribution in [0.1, 0.15) is 26.2 Å². The molecule has 0 aliphatic rings. The van der Waals surface area contributed by atoms with E-state index in [0.717, 1.165) is 18.5 Å². The van der Waals surface area contributed by atoms with E-state index in [2.05, 4.69) is 18.3 Å². The zero-order valence-corrected chi connectivity index (χ0v) is 10.9. The molecule has 3 nitrogen and oxygen atoms in total. The number of nitrogens with one attached hydrogen (secondary N) is 1. The summed E-state index contributed by atoms with van der Waals surface area (Å²) in [6.07, 6.45) is 5.38. The van der Waals surface area contributed by atoms with Crippen molar-refractivity contribution in [3.8, 4) is 0 Å². The van der Waals surface area contributed by atoms with Crippen LogP contribution in [0.4, 0.5) is 0 Å². The summed E-state index contributed by atoms with van der Waals surface area (Å²) in [4.78, 5) is 11.8. The molecular formula is C15H20N2O. The summed E-state index contributed by atoms with van der Waals surface area (Å²) in [5.74, 6) is 0.0902. The minimum absolute atomic E-state index is 0.0902. The van der Waals surface area contributed by atoms with E-state index in [1.165, 1.54) is 18.2 Å². The summed E-state index contributed by atoms with van der Waals surface area (Å²) in [5, 5.41) is 4.14. The number of para-hydroxylation sites is 1. The van der Waals surface area contributed by atoms with Crippen molar-refractivity contribution < 1.29 is 4.79 Å². The van der Waals surface area contributed by atoms with Crippen molar-refractivity contribution in [2.75, 3.05) is 6.54 Å². The Balaban J connectivity index is 1.91. The number of hydrogen-bond donors (Lipinski definition) is 1. The van der Waals surface area contributed by atoms with Crippen LogP contribution in [0.2, 0.25) is 0 Å². The van der Waals surface area contributed by atoms with Gasteiger partial charge in [-0.1, -0.05) is 38.0 Å². The Morgan fingerprint density at radius 1 is 1.22 bits per heavy atom. The molecule has 0 spiro atoms. The molecule has 1 heterocycles. The van der Waals surface area contributed by atoms with Crippen molar-refractivity contribution in [2.24, 2.45) is 0 Å². The number of benzene rings is 1. The third-order valence-corrected chi connectivity index (χ3v) is 3.10. The van der Waals surface area contributed by atoms with Gasteiger partial charge in [0.2, 0.25) is 5.91 Å². The lowest BCUT2D eigenvalue weighted by Crippen LogP contribution is -2.28. The van der Waals surface area contributed by atoms with E-state index in [1.54, 1.807) is 0 Å². The summed E-state index contributed by atoms with van der Waals surface area (Å²) in [6.45, 7) is 3.35. The van der Waals surface area contributed by atoms with Crippen LogP contribution in [0.3, 0.4) is 0 Å². The number of aromatic nitrogens is 1. The van der Waals surface area contributed by atoms with Gasteiger partial charge < -0.3 is 9.88 Å². The summed E-state index contributed by atoms with van der Waals surface area (Å²) in [7, 11) is 0. The van der Waals surface area contributed by atoms with Gasteiger partial charge in [0.25, 0.3) is 0 Å². The van der Waals surface area contributed by atoms with Gasteiger partial charge in [-0.3, -0.25) is 4.79 Å². The molecule has 2 rings (SSSR count). The highest BCUT2D eigenvalue weighted by molar-refractivity contribution is 5.83. The zero-order valence-electron chi connectivity index (χ0n) is 10.9. The van der Waals surface area contributed by atoms with Crippen molar-refractivity contribution in [1.82, 2.24) is 9.88 Å². The molecule has 0 bridgehead atoms. The van der Waals surface area contributed by atoms with Gasteiger partial charge in [0.15, 0.2) is 0 Å². The maximum atomic E-state index is 11.8. The predicted molar refractivity (Wildman–Crippen MR) is 74.5 cm³/mol. The Morgan fingerprint density at radius 3 is 2.89 bits per heavy atom. The molecule has 0 fully saturated rings. The first kappa shape index (κ1) is 12.7. The zero-order chi connectivity index (χ0) is 12.8. The first-order chi connectivity index (χ1) is 8.81. The summed E-state index contributed by atoms with van der Waals surface area (Å²) in [6, 6.07) is 10.2. The van der Waals surface area contributed by atoms with Gasteiger partial charge in [-0.15, -0.1) is 0 Å². The van der Waals surface area contributed by atoms with E-state index in [-0.39, 0.29) is 5.91 Å². The van der Waals surface area contributed by atoms with Crippen molar-refractivity contribution in [2.45, 2.75) is 32.7 Å². The Kier molecular flexibility index (Phi) is 4.40. The van der Waals surface area contributed by atoms with Crippen molar-refractivity contribution >= 4 is 16.8 Å². The number of rotatable bonds is 6. The van der Waals surface area contributed by atoms with Gasteiger partial charge in [-0.2, -0.15) is 0 Å². The monoisotopic (exact) mass is 244 g/mol. The van der Waals surface area contributed by atoms with Crippen LogP contribution in [0.25, 0.3) is 10.9 Å². The van der Waals surface area contributed by atoms with Gasteiger partial charge in [-0.25, -0.2) is 0 Å². The van der Waals surface area contributed by atoms with Crippen LogP contribution in [0.15, 0.2) is 36.5 Å². The SMILES string of the molecule is CCCCCNC(=O)Cn1ccc2ccccc21. The predicted octanol–water partition coefficient (Wildman–Crippen LogP) is 2.95. The number of nitrogens with zero attached hydrogens (tertiary/aromatic N) is 1. The molecule has 0 aliphatic heterocycles. The standard InChI is InChI=1S/C15H20N2O/c1-2-3-6-10-16-15(18)12-17-11-9-13-7-4-5-8-14(13)17/h4-5,7-9,11H,2-3,6,10,12H2,1H3,(H,16,18). The van der Waals surface area contributed by atoms with Crippen LogP contribution in [0.5, 0.6) is 0 Å². The Bertz CT molecular complexity index is 516. The van der Waals surface area contributed by atoms with Crippen LogP contribution < -0.4 is 5.32 Å². The summed E-state index contributed by atoms with van der Waals surface area (Å²) < 4.78 is 1.99. The Morgan fingerprint density at radius 2 is 2.06 bits per heavy atom. The molecule has 1 N–H and O–H groups in total. The van der Waals surface area contributed by atoms with E-state index in [1.807, 2.05) is 35.0 Å². The maximum absolute atomic E-state index is 11.8. The Labute approximate surface area is 108 Å². The molecule has 0 radical (unpaired) electrons. The number of amides is 1. The summed E-state index contributed by atoms with van der Waals surface area (Å²) in [5.41, 5.74) is 1.11. The topological polar surface area (TPSA) is 34.0 Å². The molecule has 3 heteroatoms. The molecular weight excluding hydrogens is 224 g/mol. The van der Waals surface area contributed by atoms with Crippen molar-refractivity contribution in [3.63, 3.8) is 0 Å². The van der Waals surface area contributed by atoms with Crippen LogP contribution in [0, 0.1) is 0 Å².